The van der Waals surface area contributed by atoms with Crippen LogP contribution >= 0.6 is 11.6 Å². The molecule has 1 saturated carbocycles. The molecule has 1 aliphatic rings. The molecule has 0 saturated heterocycles. The van der Waals surface area contributed by atoms with Gasteiger partial charge in [0.05, 0.1) is 5.41 Å². The molecule has 1 atom stereocenters. The van der Waals surface area contributed by atoms with Crippen molar-refractivity contribution in [1.82, 2.24) is 5.32 Å². The minimum atomic E-state index is -0.410. The Kier molecular flexibility index (Phi) is 5.06. The number of benzene rings is 1. The van der Waals surface area contributed by atoms with Crippen LogP contribution in [0.3, 0.4) is 0 Å². The Hall–Kier alpha value is -1.06. The molecule has 0 radical (unpaired) electrons. The summed E-state index contributed by atoms with van der Waals surface area (Å²) in [5.74, 6) is 0.109. The summed E-state index contributed by atoms with van der Waals surface area (Å²) in [6.45, 7) is 2.40. The van der Waals surface area contributed by atoms with E-state index < -0.39 is 5.41 Å². The molecule has 2 rings (SSSR count). The second-order valence-electron chi connectivity index (χ2n) is 5.76. The normalized spacial score (nSPS) is 19.4. The van der Waals surface area contributed by atoms with E-state index in [1.54, 1.807) is 0 Å². The number of nitrogens with two attached hydrogens (primary N) is 1. The van der Waals surface area contributed by atoms with Gasteiger partial charge in [-0.15, -0.1) is 0 Å². The van der Waals surface area contributed by atoms with Gasteiger partial charge in [0.25, 0.3) is 0 Å². The maximum atomic E-state index is 12.8. The number of nitrogens with one attached hydrogen (secondary N) is 1. The van der Waals surface area contributed by atoms with Crippen molar-refractivity contribution < 1.29 is 4.79 Å². The standard InChI is InChI=1S/C16H23ClN2O/c1-12(11-18)19-15(20)16(9-3-2-4-10-16)13-5-7-14(17)8-6-13/h5-8,12H,2-4,9-11,18H2,1H3,(H,19,20)/t12-/m0/s1. The molecule has 110 valence electrons. The van der Waals surface area contributed by atoms with Gasteiger partial charge in [-0.25, -0.2) is 0 Å². The van der Waals surface area contributed by atoms with Crippen molar-refractivity contribution in [2.75, 3.05) is 6.54 Å². The molecule has 0 heterocycles. The Balaban J connectivity index is 2.29. The maximum absolute atomic E-state index is 12.8. The van der Waals surface area contributed by atoms with Crippen LogP contribution in [0, 0.1) is 0 Å². The van der Waals surface area contributed by atoms with Crippen molar-refractivity contribution in [3.63, 3.8) is 0 Å². The molecular weight excluding hydrogens is 272 g/mol. The average molecular weight is 295 g/mol. The lowest BCUT2D eigenvalue weighted by atomic mass is 9.68. The van der Waals surface area contributed by atoms with Crippen LogP contribution in [0.5, 0.6) is 0 Å². The summed E-state index contributed by atoms with van der Waals surface area (Å²) in [5, 5.41) is 3.76. The molecule has 0 spiro atoms. The molecule has 0 unspecified atom stereocenters. The Labute approximate surface area is 125 Å². The number of carbonyl (C=O) groups is 1. The van der Waals surface area contributed by atoms with E-state index in [0.717, 1.165) is 31.2 Å². The zero-order valence-corrected chi connectivity index (χ0v) is 12.7. The lowest BCUT2D eigenvalue weighted by Crippen LogP contribution is -2.50. The molecule has 3 N–H and O–H groups in total. The van der Waals surface area contributed by atoms with Gasteiger partial charge < -0.3 is 11.1 Å². The van der Waals surface area contributed by atoms with Crippen LogP contribution in [0.2, 0.25) is 5.02 Å². The third-order valence-electron chi connectivity index (χ3n) is 4.27. The molecule has 4 heteroatoms. The zero-order valence-electron chi connectivity index (χ0n) is 12.0. The summed E-state index contributed by atoms with van der Waals surface area (Å²) in [7, 11) is 0. The first kappa shape index (κ1) is 15.3. The number of hydrogen-bond donors (Lipinski definition) is 2. The van der Waals surface area contributed by atoms with Crippen molar-refractivity contribution in [1.29, 1.82) is 0 Å². The van der Waals surface area contributed by atoms with Gasteiger partial charge in [0.2, 0.25) is 5.91 Å². The van der Waals surface area contributed by atoms with Crippen LogP contribution in [0.25, 0.3) is 0 Å². The minimum Gasteiger partial charge on any atom is -0.352 e. The highest BCUT2D eigenvalue weighted by Crippen LogP contribution is 2.40. The van der Waals surface area contributed by atoms with E-state index in [1.165, 1.54) is 6.42 Å². The van der Waals surface area contributed by atoms with Crippen molar-refractivity contribution in [2.24, 2.45) is 5.73 Å². The van der Waals surface area contributed by atoms with Gasteiger partial charge in [-0.1, -0.05) is 43.0 Å². The van der Waals surface area contributed by atoms with E-state index in [4.69, 9.17) is 17.3 Å². The zero-order chi connectivity index (χ0) is 14.6. The van der Waals surface area contributed by atoms with Gasteiger partial charge in [0, 0.05) is 17.6 Å². The van der Waals surface area contributed by atoms with Crippen molar-refractivity contribution in [2.45, 2.75) is 50.5 Å². The lowest BCUT2D eigenvalue weighted by Gasteiger charge is -2.37. The van der Waals surface area contributed by atoms with Crippen LogP contribution in [0.4, 0.5) is 0 Å². The average Bonchev–Trinajstić information content (AvgIpc) is 2.48. The predicted octanol–water partition coefficient (Wildman–Crippen LogP) is 3.01. The fraction of sp³-hybridized carbons (Fsp3) is 0.562. The van der Waals surface area contributed by atoms with E-state index in [1.807, 2.05) is 31.2 Å². The molecule has 1 aromatic carbocycles. The van der Waals surface area contributed by atoms with Crippen LogP contribution in [-0.4, -0.2) is 18.5 Å². The third kappa shape index (κ3) is 3.15. The van der Waals surface area contributed by atoms with E-state index in [0.29, 0.717) is 11.6 Å². The summed E-state index contributed by atoms with van der Waals surface area (Å²) >= 11 is 5.97. The van der Waals surface area contributed by atoms with E-state index in [-0.39, 0.29) is 11.9 Å². The van der Waals surface area contributed by atoms with Crippen LogP contribution in [0.15, 0.2) is 24.3 Å². The first-order chi connectivity index (χ1) is 9.58. The summed E-state index contributed by atoms with van der Waals surface area (Å²) in [6.07, 6.45) is 5.19. The van der Waals surface area contributed by atoms with Crippen molar-refractivity contribution in [3.05, 3.63) is 34.9 Å². The van der Waals surface area contributed by atoms with Gasteiger partial charge in [-0.05, 0) is 37.5 Å². The highest BCUT2D eigenvalue weighted by Gasteiger charge is 2.41. The second-order valence-corrected chi connectivity index (χ2v) is 6.20. The smallest absolute Gasteiger partial charge is 0.230 e. The van der Waals surface area contributed by atoms with Crippen molar-refractivity contribution in [3.8, 4) is 0 Å². The largest absolute Gasteiger partial charge is 0.352 e. The summed E-state index contributed by atoms with van der Waals surface area (Å²) in [6, 6.07) is 7.72. The Morgan fingerprint density at radius 2 is 1.90 bits per heavy atom. The van der Waals surface area contributed by atoms with Crippen LogP contribution in [-0.2, 0) is 10.2 Å². The van der Waals surface area contributed by atoms with E-state index in [9.17, 15) is 4.79 Å². The summed E-state index contributed by atoms with van der Waals surface area (Å²) in [4.78, 5) is 12.8. The molecule has 1 aliphatic carbocycles. The Bertz CT molecular complexity index is 452. The number of halogens is 1. The van der Waals surface area contributed by atoms with Gasteiger partial charge >= 0.3 is 0 Å². The highest BCUT2D eigenvalue weighted by atomic mass is 35.5. The van der Waals surface area contributed by atoms with Gasteiger partial charge in [0.15, 0.2) is 0 Å². The molecule has 3 nitrogen and oxygen atoms in total. The van der Waals surface area contributed by atoms with Gasteiger partial charge in [-0.2, -0.15) is 0 Å². The van der Waals surface area contributed by atoms with Crippen molar-refractivity contribution >= 4 is 17.5 Å². The number of rotatable bonds is 4. The number of carbonyl (C=O) groups excluding carboxylic acids is 1. The Morgan fingerprint density at radius 1 is 1.30 bits per heavy atom. The van der Waals surface area contributed by atoms with Crippen LogP contribution < -0.4 is 11.1 Å². The minimum absolute atomic E-state index is 0.00796. The fourth-order valence-electron chi connectivity index (χ4n) is 2.99. The quantitative estimate of drug-likeness (QED) is 0.897. The molecule has 0 aliphatic heterocycles. The monoisotopic (exact) mass is 294 g/mol. The molecular formula is C16H23ClN2O. The van der Waals surface area contributed by atoms with Gasteiger partial charge in [-0.3, -0.25) is 4.79 Å². The van der Waals surface area contributed by atoms with Gasteiger partial charge in [0.1, 0.15) is 0 Å². The second kappa shape index (κ2) is 6.59. The molecule has 1 fully saturated rings. The number of amides is 1. The fourth-order valence-corrected chi connectivity index (χ4v) is 3.12. The molecule has 0 aromatic heterocycles. The SMILES string of the molecule is C[C@@H](CN)NC(=O)C1(c2ccc(Cl)cc2)CCCCC1. The third-order valence-corrected chi connectivity index (χ3v) is 4.52. The lowest BCUT2D eigenvalue weighted by molar-refractivity contribution is -0.128. The molecule has 20 heavy (non-hydrogen) atoms. The Morgan fingerprint density at radius 3 is 2.45 bits per heavy atom. The topological polar surface area (TPSA) is 55.1 Å². The summed E-state index contributed by atoms with van der Waals surface area (Å²) < 4.78 is 0. The van der Waals surface area contributed by atoms with Crippen LogP contribution in [0.1, 0.15) is 44.6 Å². The summed E-state index contributed by atoms with van der Waals surface area (Å²) in [5.41, 5.74) is 6.28. The van der Waals surface area contributed by atoms with E-state index in [2.05, 4.69) is 5.32 Å². The maximum Gasteiger partial charge on any atom is 0.230 e. The first-order valence-corrected chi connectivity index (χ1v) is 7.73. The molecule has 1 aromatic rings. The highest BCUT2D eigenvalue weighted by molar-refractivity contribution is 6.30. The number of hydrogen-bond acceptors (Lipinski definition) is 2. The molecule has 1 amide bonds. The first-order valence-electron chi connectivity index (χ1n) is 7.35. The predicted molar refractivity (Wildman–Crippen MR) is 82.9 cm³/mol. The molecule has 0 bridgehead atoms. The van der Waals surface area contributed by atoms with E-state index >= 15 is 0 Å².